The molecule has 1 heterocycles. The topological polar surface area (TPSA) is 67.2 Å². The van der Waals surface area contributed by atoms with Gasteiger partial charge in [0.15, 0.2) is 5.76 Å². The van der Waals surface area contributed by atoms with Gasteiger partial charge in [-0.1, -0.05) is 61.5 Å². The number of carbonyl (C=O) groups excluding carboxylic acids is 1. The van der Waals surface area contributed by atoms with Gasteiger partial charge >= 0.3 is 6.18 Å². The summed E-state index contributed by atoms with van der Waals surface area (Å²) in [5.41, 5.74) is 1.67. The molecule has 0 bridgehead atoms. The fourth-order valence-corrected chi connectivity index (χ4v) is 3.53. The molecule has 2 N–H and O–H groups in total. The quantitative estimate of drug-likeness (QED) is 0.439. The minimum Gasteiger partial charge on any atom is -0.359 e. The monoisotopic (exact) mass is 459 g/mol. The summed E-state index contributed by atoms with van der Waals surface area (Å²) < 4.78 is 44.2. The molecule has 2 aromatic carbocycles. The summed E-state index contributed by atoms with van der Waals surface area (Å²) in [6.07, 6.45) is -3.38. The molecular formula is C25H28F3N3O2. The van der Waals surface area contributed by atoms with Crippen molar-refractivity contribution < 1.29 is 22.5 Å². The van der Waals surface area contributed by atoms with Crippen molar-refractivity contribution in [2.75, 3.05) is 7.05 Å². The SMILES string of the molecule is CNC(=O)C(NC(CCc1ccc(C(F)(F)F)cc1)c1cc(C(C)C)no1)c1ccccc1. The van der Waals surface area contributed by atoms with Gasteiger partial charge in [0.25, 0.3) is 0 Å². The number of halogens is 3. The number of carbonyl (C=O) groups is 1. The summed E-state index contributed by atoms with van der Waals surface area (Å²) in [6, 6.07) is 15.3. The minimum absolute atomic E-state index is 0.168. The van der Waals surface area contributed by atoms with Gasteiger partial charge in [-0.15, -0.1) is 0 Å². The summed E-state index contributed by atoms with van der Waals surface area (Å²) in [5.74, 6) is 0.543. The summed E-state index contributed by atoms with van der Waals surface area (Å²) in [6.45, 7) is 4.01. The van der Waals surface area contributed by atoms with Crippen LogP contribution in [-0.4, -0.2) is 18.1 Å². The Morgan fingerprint density at radius 1 is 1.06 bits per heavy atom. The second-order valence-electron chi connectivity index (χ2n) is 8.22. The largest absolute Gasteiger partial charge is 0.416 e. The van der Waals surface area contributed by atoms with Crippen LogP contribution in [0.25, 0.3) is 0 Å². The number of aryl methyl sites for hydroxylation is 1. The first kappa shape index (κ1) is 24.5. The molecule has 0 radical (unpaired) electrons. The fraction of sp³-hybridized carbons (Fsp3) is 0.360. The first-order chi connectivity index (χ1) is 15.7. The Hall–Kier alpha value is -3.13. The Morgan fingerprint density at radius 2 is 1.73 bits per heavy atom. The van der Waals surface area contributed by atoms with Crippen molar-refractivity contribution in [2.24, 2.45) is 0 Å². The van der Waals surface area contributed by atoms with Crippen molar-refractivity contribution in [1.82, 2.24) is 15.8 Å². The van der Waals surface area contributed by atoms with Gasteiger partial charge in [0.2, 0.25) is 5.91 Å². The number of aromatic nitrogens is 1. The Bertz CT molecular complexity index is 1030. The number of amides is 1. The van der Waals surface area contributed by atoms with Gasteiger partial charge in [0, 0.05) is 13.1 Å². The van der Waals surface area contributed by atoms with Crippen LogP contribution in [-0.2, 0) is 17.4 Å². The van der Waals surface area contributed by atoms with Crippen LogP contribution in [0.15, 0.2) is 65.2 Å². The molecule has 1 amide bonds. The second-order valence-corrected chi connectivity index (χ2v) is 8.22. The zero-order valence-electron chi connectivity index (χ0n) is 18.8. The van der Waals surface area contributed by atoms with Crippen LogP contribution in [0.3, 0.4) is 0 Å². The van der Waals surface area contributed by atoms with Crippen molar-refractivity contribution in [3.8, 4) is 0 Å². The van der Waals surface area contributed by atoms with E-state index < -0.39 is 17.8 Å². The molecule has 0 saturated carbocycles. The van der Waals surface area contributed by atoms with Crippen LogP contribution in [0.5, 0.6) is 0 Å². The predicted octanol–water partition coefficient (Wildman–Crippen LogP) is 5.57. The first-order valence-corrected chi connectivity index (χ1v) is 10.8. The summed E-state index contributed by atoms with van der Waals surface area (Å²) >= 11 is 0. The lowest BCUT2D eigenvalue weighted by atomic mass is 9.98. The van der Waals surface area contributed by atoms with Gasteiger partial charge < -0.3 is 9.84 Å². The average molecular weight is 460 g/mol. The minimum atomic E-state index is -4.37. The molecule has 0 fully saturated rings. The molecule has 2 unspecified atom stereocenters. The molecule has 3 aromatic rings. The van der Waals surface area contributed by atoms with Crippen molar-refractivity contribution >= 4 is 5.91 Å². The third kappa shape index (κ3) is 6.44. The number of hydrogen-bond acceptors (Lipinski definition) is 4. The van der Waals surface area contributed by atoms with E-state index in [-0.39, 0.29) is 17.9 Å². The average Bonchev–Trinajstić information content (AvgIpc) is 3.29. The number of benzene rings is 2. The van der Waals surface area contributed by atoms with E-state index in [1.807, 2.05) is 50.2 Å². The van der Waals surface area contributed by atoms with Crippen LogP contribution in [0.1, 0.15) is 66.4 Å². The van der Waals surface area contributed by atoms with Crippen molar-refractivity contribution in [1.29, 1.82) is 0 Å². The maximum Gasteiger partial charge on any atom is 0.416 e. The summed E-state index contributed by atoms with van der Waals surface area (Å²) in [5, 5.41) is 10.2. The fourth-order valence-electron chi connectivity index (χ4n) is 3.53. The molecule has 3 rings (SSSR count). The van der Waals surface area contributed by atoms with Crippen molar-refractivity contribution in [3.63, 3.8) is 0 Å². The smallest absolute Gasteiger partial charge is 0.359 e. The molecule has 0 spiro atoms. The van der Waals surface area contributed by atoms with Gasteiger partial charge in [-0.3, -0.25) is 10.1 Å². The molecule has 0 aliphatic rings. The lowest BCUT2D eigenvalue weighted by Crippen LogP contribution is -2.38. The number of alkyl halides is 3. The number of nitrogens with one attached hydrogen (secondary N) is 2. The highest BCUT2D eigenvalue weighted by molar-refractivity contribution is 5.82. The van der Waals surface area contributed by atoms with E-state index in [1.54, 1.807) is 7.05 Å². The third-order valence-corrected chi connectivity index (χ3v) is 5.49. The Balaban J connectivity index is 1.84. The van der Waals surface area contributed by atoms with Crippen molar-refractivity contribution in [3.05, 3.63) is 88.8 Å². The summed E-state index contributed by atoms with van der Waals surface area (Å²) in [4.78, 5) is 12.7. The third-order valence-electron chi connectivity index (χ3n) is 5.49. The van der Waals surface area contributed by atoms with Crippen LogP contribution >= 0.6 is 0 Å². The summed E-state index contributed by atoms with van der Waals surface area (Å²) in [7, 11) is 1.57. The van der Waals surface area contributed by atoms with Gasteiger partial charge in [-0.05, 0) is 42.0 Å². The first-order valence-electron chi connectivity index (χ1n) is 10.8. The molecule has 2 atom stereocenters. The van der Waals surface area contributed by atoms with E-state index in [9.17, 15) is 18.0 Å². The second kappa shape index (κ2) is 10.7. The number of rotatable bonds is 9. The number of hydrogen-bond donors (Lipinski definition) is 2. The van der Waals surface area contributed by atoms with E-state index in [4.69, 9.17) is 4.52 Å². The molecule has 1 aromatic heterocycles. The van der Waals surface area contributed by atoms with Crippen LogP contribution in [0.4, 0.5) is 13.2 Å². The molecule has 0 aliphatic heterocycles. The van der Waals surface area contributed by atoms with E-state index in [2.05, 4.69) is 15.8 Å². The van der Waals surface area contributed by atoms with Gasteiger partial charge in [-0.25, -0.2) is 0 Å². The Morgan fingerprint density at radius 3 is 2.27 bits per heavy atom. The van der Waals surface area contributed by atoms with E-state index in [0.717, 1.165) is 29.0 Å². The predicted molar refractivity (Wildman–Crippen MR) is 119 cm³/mol. The van der Waals surface area contributed by atoms with Crippen LogP contribution in [0.2, 0.25) is 0 Å². The van der Waals surface area contributed by atoms with Crippen LogP contribution in [0, 0.1) is 0 Å². The highest BCUT2D eigenvalue weighted by atomic mass is 19.4. The van der Waals surface area contributed by atoms with E-state index >= 15 is 0 Å². The number of nitrogens with zero attached hydrogens (tertiary/aromatic N) is 1. The normalized spacial score (nSPS) is 13.7. The lowest BCUT2D eigenvalue weighted by molar-refractivity contribution is -0.137. The molecule has 0 aliphatic carbocycles. The van der Waals surface area contributed by atoms with Gasteiger partial charge in [0.1, 0.15) is 6.04 Å². The zero-order chi connectivity index (χ0) is 24.0. The van der Waals surface area contributed by atoms with Crippen molar-refractivity contribution in [2.45, 2.75) is 50.9 Å². The molecular weight excluding hydrogens is 431 g/mol. The lowest BCUT2D eigenvalue weighted by Gasteiger charge is -2.24. The molecule has 176 valence electrons. The molecule has 5 nitrogen and oxygen atoms in total. The van der Waals surface area contributed by atoms with Gasteiger partial charge in [-0.2, -0.15) is 13.2 Å². The molecule has 8 heteroatoms. The van der Waals surface area contributed by atoms with E-state index in [0.29, 0.717) is 18.6 Å². The molecule has 0 saturated heterocycles. The Labute approximate surface area is 191 Å². The highest BCUT2D eigenvalue weighted by Crippen LogP contribution is 2.30. The van der Waals surface area contributed by atoms with Gasteiger partial charge in [0.05, 0.1) is 17.3 Å². The maximum absolute atomic E-state index is 12.9. The standard InChI is InChI=1S/C25H28F3N3O2/c1-16(2)21-15-22(33-31-21)20(14-11-17-9-12-19(13-10-17)25(26,27)28)30-23(24(32)29-3)18-7-5-4-6-8-18/h4-10,12-13,15-16,20,23,30H,11,14H2,1-3H3,(H,29,32). The Kier molecular flexibility index (Phi) is 7.92. The number of likely N-dealkylation sites (N-methyl/N-ethyl adjacent to an activating group) is 1. The molecule has 33 heavy (non-hydrogen) atoms. The zero-order valence-corrected chi connectivity index (χ0v) is 18.8. The highest BCUT2D eigenvalue weighted by Gasteiger charge is 2.30. The maximum atomic E-state index is 12.9. The van der Waals surface area contributed by atoms with E-state index in [1.165, 1.54) is 12.1 Å². The van der Waals surface area contributed by atoms with Crippen LogP contribution < -0.4 is 10.6 Å².